The lowest BCUT2D eigenvalue weighted by Gasteiger charge is -2.11. The van der Waals surface area contributed by atoms with Crippen molar-refractivity contribution in [3.8, 4) is 17.0 Å². The summed E-state index contributed by atoms with van der Waals surface area (Å²) in [5.74, 6) is 0.431. The number of rotatable bonds is 16. The molecule has 5 heteroatoms. The van der Waals surface area contributed by atoms with E-state index in [4.69, 9.17) is 4.74 Å². The van der Waals surface area contributed by atoms with Gasteiger partial charge in [-0.05, 0) is 30.7 Å². The van der Waals surface area contributed by atoms with Crippen molar-refractivity contribution < 1.29 is 9.53 Å². The summed E-state index contributed by atoms with van der Waals surface area (Å²) in [5, 5.41) is 11.4. The molecule has 0 atom stereocenters. The summed E-state index contributed by atoms with van der Waals surface area (Å²) in [5.41, 5.74) is 2.52. The third kappa shape index (κ3) is 10.0. The van der Waals surface area contributed by atoms with Crippen LogP contribution in [0.1, 0.15) is 102 Å². The molecule has 2 rings (SSSR count). The molecule has 0 spiro atoms. The van der Waals surface area contributed by atoms with Gasteiger partial charge in [0.2, 0.25) is 0 Å². The zero-order valence-corrected chi connectivity index (χ0v) is 19.4. The summed E-state index contributed by atoms with van der Waals surface area (Å²) in [6.07, 6.45) is 18.9. The van der Waals surface area contributed by atoms with E-state index in [0.29, 0.717) is 12.2 Å². The maximum Gasteiger partial charge on any atom is 0.311 e. The number of ether oxygens (including phenoxy) is 1. The number of hydrogen-bond donors (Lipinski definition) is 0. The molecule has 170 valence electrons. The summed E-state index contributed by atoms with van der Waals surface area (Å²) in [6, 6.07) is 7.45. The van der Waals surface area contributed by atoms with Gasteiger partial charge in [-0.1, -0.05) is 96.1 Å². The van der Waals surface area contributed by atoms with E-state index in [2.05, 4.69) is 22.3 Å². The number of unbranched alkanes of at least 4 members (excludes halogenated alkanes) is 12. The van der Waals surface area contributed by atoms with Gasteiger partial charge in [0, 0.05) is 17.5 Å². The lowest BCUT2D eigenvalue weighted by atomic mass is 10.0. The second kappa shape index (κ2) is 15.5. The summed E-state index contributed by atoms with van der Waals surface area (Å²) < 4.78 is 5.61. The second-order valence-electron chi connectivity index (χ2n) is 8.40. The summed E-state index contributed by atoms with van der Waals surface area (Å²) >= 11 is 0. The molecule has 1 aromatic carbocycles. The van der Waals surface area contributed by atoms with Crippen molar-refractivity contribution in [2.75, 3.05) is 0 Å². The molecule has 0 bridgehead atoms. The fourth-order valence-electron chi connectivity index (χ4n) is 3.85. The van der Waals surface area contributed by atoms with Crippen LogP contribution in [0, 0.1) is 6.92 Å². The first-order chi connectivity index (χ1) is 15.2. The van der Waals surface area contributed by atoms with E-state index in [1.165, 1.54) is 70.6 Å². The Bertz CT molecular complexity index is 750. The third-order valence-electron chi connectivity index (χ3n) is 5.77. The molecular formula is C26H39N3O2. The molecule has 0 aliphatic rings. The quantitative estimate of drug-likeness (QED) is 0.161. The minimum absolute atomic E-state index is 0.163. The highest BCUT2D eigenvalue weighted by Crippen LogP contribution is 2.28. The lowest BCUT2D eigenvalue weighted by molar-refractivity contribution is -0.134. The number of hydrogen-bond acceptors (Lipinski definition) is 5. The van der Waals surface area contributed by atoms with E-state index >= 15 is 0 Å². The second-order valence-corrected chi connectivity index (χ2v) is 8.40. The van der Waals surface area contributed by atoms with Crippen LogP contribution >= 0.6 is 0 Å². The van der Waals surface area contributed by atoms with Crippen LogP contribution in [0.25, 0.3) is 11.3 Å². The highest BCUT2D eigenvalue weighted by atomic mass is 16.5. The number of carbonyl (C=O) groups is 1. The number of esters is 1. The fourth-order valence-corrected chi connectivity index (χ4v) is 3.85. The largest absolute Gasteiger partial charge is 0.426 e. The molecule has 0 unspecified atom stereocenters. The topological polar surface area (TPSA) is 65.0 Å². The maximum atomic E-state index is 12.3. The summed E-state index contributed by atoms with van der Waals surface area (Å²) in [7, 11) is 0. The number of benzene rings is 1. The van der Waals surface area contributed by atoms with Crippen LogP contribution in [-0.2, 0) is 4.79 Å². The van der Waals surface area contributed by atoms with Crippen molar-refractivity contribution in [2.45, 2.75) is 104 Å². The van der Waals surface area contributed by atoms with Gasteiger partial charge >= 0.3 is 5.97 Å². The zero-order valence-electron chi connectivity index (χ0n) is 19.4. The van der Waals surface area contributed by atoms with Crippen molar-refractivity contribution in [3.63, 3.8) is 0 Å². The van der Waals surface area contributed by atoms with Crippen LogP contribution in [0.15, 0.2) is 30.5 Å². The van der Waals surface area contributed by atoms with Crippen molar-refractivity contribution in [1.82, 2.24) is 15.4 Å². The van der Waals surface area contributed by atoms with Crippen molar-refractivity contribution in [1.29, 1.82) is 0 Å². The maximum absolute atomic E-state index is 12.3. The Morgan fingerprint density at radius 3 is 2.03 bits per heavy atom. The molecule has 31 heavy (non-hydrogen) atoms. The van der Waals surface area contributed by atoms with Crippen LogP contribution in [0.5, 0.6) is 5.75 Å². The minimum atomic E-state index is -0.163. The Balaban J connectivity index is 1.55. The van der Waals surface area contributed by atoms with E-state index in [1.807, 2.05) is 25.1 Å². The minimum Gasteiger partial charge on any atom is -0.426 e. The van der Waals surface area contributed by atoms with Crippen LogP contribution in [0.2, 0.25) is 0 Å². The van der Waals surface area contributed by atoms with E-state index in [1.54, 1.807) is 12.3 Å². The zero-order chi connectivity index (χ0) is 22.2. The van der Waals surface area contributed by atoms with Crippen molar-refractivity contribution in [2.24, 2.45) is 0 Å². The number of aromatic nitrogens is 3. The van der Waals surface area contributed by atoms with Crippen LogP contribution in [0.3, 0.4) is 0 Å². The molecule has 0 saturated heterocycles. The van der Waals surface area contributed by atoms with Gasteiger partial charge < -0.3 is 4.74 Å². The van der Waals surface area contributed by atoms with Crippen molar-refractivity contribution >= 4 is 5.97 Å². The third-order valence-corrected chi connectivity index (χ3v) is 5.77. The van der Waals surface area contributed by atoms with Gasteiger partial charge in [0.25, 0.3) is 0 Å². The Kier molecular flexibility index (Phi) is 12.5. The Morgan fingerprint density at radius 2 is 1.45 bits per heavy atom. The van der Waals surface area contributed by atoms with Gasteiger partial charge in [0.15, 0.2) is 0 Å². The van der Waals surface area contributed by atoms with Gasteiger partial charge in [0.05, 0.1) is 11.9 Å². The van der Waals surface area contributed by atoms with Gasteiger partial charge in [0.1, 0.15) is 5.75 Å². The number of carbonyl (C=O) groups excluding carboxylic acids is 1. The molecule has 2 aromatic rings. The monoisotopic (exact) mass is 425 g/mol. The molecule has 0 N–H and O–H groups in total. The van der Waals surface area contributed by atoms with Gasteiger partial charge in [-0.3, -0.25) is 4.79 Å². The van der Waals surface area contributed by atoms with Gasteiger partial charge in [-0.25, -0.2) is 0 Å². The molecule has 1 aromatic heterocycles. The number of nitrogens with zero attached hydrogens (tertiary/aromatic N) is 3. The van der Waals surface area contributed by atoms with Crippen LogP contribution in [0.4, 0.5) is 0 Å². The van der Waals surface area contributed by atoms with E-state index < -0.39 is 0 Å². The molecule has 0 saturated carbocycles. The molecule has 0 fully saturated rings. The standard InChI is InChI=1S/C26H39N3O2/c1-3-4-5-6-7-8-9-10-11-12-13-14-15-19-26(30)31-25-18-16-17-23(22(25)2)24-20-21-27-29-28-24/h16-18,20-21H,3-15,19H2,1-2H3. The molecule has 0 aliphatic carbocycles. The Labute approximate surface area is 188 Å². The average molecular weight is 426 g/mol. The highest BCUT2D eigenvalue weighted by Gasteiger charge is 2.12. The molecule has 0 aliphatic heterocycles. The molecular weight excluding hydrogens is 386 g/mol. The van der Waals surface area contributed by atoms with Crippen molar-refractivity contribution in [3.05, 3.63) is 36.0 Å². The van der Waals surface area contributed by atoms with E-state index in [9.17, 15) is 4.79 Å². The summed E-state index contributed by atoms with van der Waals surface area (Å²) in [4.78, 5) is 12.3. The van der Waals surface area contributed by atoms with E-state index in [-0.39, 0.29) is 5.97 Å². The normalized spacial score (nSPS) is 10.9. The predicted molar refractivity (Wildman–Crippen MR) is 126 cm³/mol. The first-order valence-electron chi connectivity index (χ1n) is 12.2. The first kappa shape index (κ1) is 25.0. The fraction of sp³-hybridized carbons (Fsp3) is 0.615. The highest BCUT2D eigenvalue weighted by molar-refractivity contribution is 5.74. The van der Waals surface area contributed by atoms with Gasteiger partial charge in [-0.2, -0.15) is 0 Å². The predicted octanol–water partition coefficient (Wildman–Crippen LogP) is 7.23. The van der Waals surface area contributed by atoms with Crippen LogP contribution in [-0.4, -0.2) is 21.4 Å². The molecule has 1 heterocycles. The molecule has 0 radical (unpaired) electrons. The Morgan fingerprint density at radius 1 is 0.839 bits per heavy atom. The molecule has 0 amide bonds. The summed E-state index contributed by atoms with van der Waals surface area (Å²) in [6.45, 7) is 4.20. The molecule has 5 nitrogen and oxygen atoms in total. The SMILES string of the molecule is CCCCCCCCCCCCCCCC(=O)Oc1cccc(-c2ccnnn2)c1C. The lowest BCUT2D eigenvalue weighted by Crippen LogP contribution is -2.09. The Hall–Kier alpha value is -2.30. The van der Waals surface area contributed by atoms with Crippen LogP contribution < -0.4 is 4.74 Å². The average Bonchev–Trinajstić information content (AvgIpc) is 2.79. The first-order valence-corrected chi connectivity index (χ1v) is 12.2. The van der Waals surface area contributed by atoms with E-state index in [0.717, 1.165) is 29.7 Å². The smallest absolute Gasteiger partial charge is 0.311 e. The van der Waals surface area contributed by atoms with Gasteiger partial charge in [-0.15, -0.1) is 10.2 Å².